The van der Waals surface area contributed by atoms with Crippen molar-refractivity contribution in [3.8, 4) is 0 Å². The van der Waals surface area contributed by atoms with E-state index in [0.29, 0.717) is 18.1 Å². The van der Waals surface area contributed by atoms with E-state index in [-0.39, 0.29) is 0 Å². The third-order valence-electron chi connectivity index (χ3n) is 3.65. The molecule has 0 aromatic carbocycles. The van der Waals surface area contributed by atoms with E-state index in [4.69, 9.17) is 4.74 Å². The Kier molecular flexibility index (Phi) is 5.22. The van der Waals surface area contributed by atoms with Gasteiger partial charge < -0.3 is 10.1 Å². The molecule has 1 aliphatic heterocycles. The van der Waals surface area contributed by atoms with Crippen molar-refractivity contribution in [2.24, 2.45) is 5.92 Å². The number of ether oxygens (including phenoxy) is 1. The topological polar surface area (TPSA) is 21.3 Å². The van der Waals surface area contributed by atoms with Gasteiger partial charge in [0.25, 0.3) is 0 Å². The van der Waals surface area contributed by atoms with E-state index >= 15 is 0 Å². The second-order valence-corrected chi connectivity index (χ2v) is 6.43. The highest BCUT2D eigenvalue weighted by Gasteiger charge is 2.30. The zero-order chi connectivity index (χ0) is 13.0. The van der Waals surface area contributed by atoms with Crippen molar-refractivity contribution in [1.29, 1.82) is 0 Å². The molecule has 0 bridgehead atoms. The lowest BCUT2D eigenvalue weighted by molar-refractivity contribution is 0.117. The number of hydrogen-bond acceptors (Lipinski definition) is 3. The van der Waals surface area contributed by atoms with Crippen LogP contribution in [-0.4, -0.2) is 19.3 Å². The molecule has 102 valence electrons. The summed E-state index contributed by atoms with van der Waals surface area (Å²) in [7, 11) is 0. The molecule has 2 nitrogen and oxygen atoms in total. The van der Waals surface area contributed by atoms with Crippen molar-refractivity contribution in [2.75, 3.05) is 13.2 Å². The molecule has 3 heteroatoms. The van der Waals surface area contributed by atoms with Gasteiger partial charge in [-0.15, -0.1) is 11.3 Å². The number of nitrogens with one attached hydrogen (secondary N) is 1. The summed E-state index contributed by atoms with van der Waals surface area (Å²) in [5, 5.41) is 3.72. The monoisotopic (exact) mass is 267 g/mol. The van der Waals surface area contributed by atoms with E-state index in [2.05, 4.69) is 38.2 Å². The van der Waals surface area contributed by atoms with Crippen molar-refractivity contribution < 1.29 is 4.74 Å². The van der Waals surface area contributed by atoms with Gasteiger partial charge in [0.05, 0.1) is 12.7 Å². The van der Waals surface area contributed by atoms with Crippen LogP contribution in [0.15, 0.2) is 12.1 Å². The maximum Gasteiger partial charge on any atom is 0.0551 e. The predicted molar refractivity (Wildman–Crippen MR) is 78.3 cm³/mol. The molecule has 1 N–H and O–H groups in total. The van der Waals surface area contributed by atoms with Crippen molar-refractivity contribution >= 4 is 11.3 Å². The van der Waals surface area contributed by atoms with Gasteiger partial charge in [-0.05, 0) is 44.9 Å². The van der Waals surface area contributed by atoms with Crippen LogP contribution in [0.3, 0.4) is 0 Å². The molecule has 0 radical (unpaired) electrons. The summed E-state index contributed by atoms with van der Waals surface area (Å²) in [6, 6.07) is 5.07. The highest BCUT2D eigenvalue weighted by Crippen LogP contribution is 2.35. The lowest BCUT2D eigenvalue weighted by atomic mass is 9.95. The lowest BCUT2D eigenvalue weighted by Gasteiger charge is -2.22. The summed E-state index contributed by atoms with van der Waals surface area (Å²) >= 11 is 1.96. The summed E-state index contributed by atoms with van der Waals surface area (Å²) in [5.74, 6) is 0.634. The first-order valence-corrected chi connectivity index (χ1v) is 7.99. The van der Waals surface area contributed by atoms with Crippen molar-refractivity contribution in [3.63, 3.8) is 0 Å². The van der Waals surface area contributed by atoms with Gasteiger partial charge in [0.2, 0.25) is 0 Å². The van der Waals surface area contributed by atoms with Gasteiger partial charge in [0.15, 0.2) is 0 Å². The van der Waals surface area contributed by atoms with Gasteiger partial charge in [0, 0.05) is 21.7 Å². The van der Waals surface area contributed by atoms with Gasteiger partial charge in [0.1, 0.15) is 0 Å². The van der Waals surface area contributed by atoms with E-state index in [9.17, 15) is 0 Å². The fourth-order valence-electron chi connectivity index (χ4n) is 2.63. The summed E-state index contributed by atoms with van der Waals surface area (Å²) in [6.45, 7) is 8.63. The zero-order valence-corrected chi connectivity index (χ0v) is 12.6. The fourth-order valence-corrected chi connectivity index (χ4v) is 3.76. The molecular formula is C15H25NOS. The molecule has 1 aliphatic rings. The number of aryl methyl sites for hydroxylation is 1. The molecule has 3 unspecified atom stereocenters. The summed E-state index contributed by atoms with van der Waals surface area (Å²) in [4.78, 5) is 2.98. The molecule has 1 aromatic heterocycles. The van der Waals surface area contributed by atoms with E-state index in [1.54, 1.807) is 0 Å². The van der Waals surface area contributed by atoms with Crippen molar-refractivity contribution in [1.82, 2.24) is 5.32 Å². The number of thiophene rings is 1. The summed E-state index contributed by atoms with van der Waals surface area (Å²) in [6.07, 6.45) is 3.93. The van der Waals surface area contributed by atoms with Gasteiger partial charge in [-0.25, -0.2) is 0 Å². The standard InChI is InChI=1S/C15H25NOS/c1-4-8-16-15(12-9-11(3)17-10-12)14-7-6-13(5-2)18-14/h6-7,11-12,15-16H,4-5,8-10H2,1-3H3. The van der Waals surface area contributed by atoms with E-state index in [1.165, 1.54) is 22.6 Å². The Hall–Kier alpha value is -0.380. The van der Waals surface area contributed by atoms with E-state index in [1.807, 2.05) is 11.3 Å². The second kappa shape index (κ2) is 6.69. The normalized spacial score (nSPS) is 25.5. The van der Waals surface area contributed by atoms with Crippen molar-refractivity contribution in [2.45, 2.75) is 52.2 Å². The van der Waals surface area contributed by atoms with Crippen LogP contribution in [0.2, 0.25) is 0 Å². The molecule has 0 amide bonds. The summed E-state index contributed by atoms with van der Waals surface area (Å²) < 4.78 is 5.75. The van der Waals surface area contributed by atoms with Crippen LogP contribution < -0.4 is 5.32 Å². The molecular weight excluding hydrogens is 242 g/mol. The van der Waals surface area contributed by atoms with Gasteiger partial charge in [-0.1, -0.05) is 13.8 Å². The first-order chi connectivity index (χ1) is 8.74. The molecule has 1 aromatic rings. The molecule has 2 rings (SSSR count). The Bertz CT molecular complexity index is 363. The summed E-state index contributed by atoms with van der Waals surface area (Å²) in [5.41, 5.74) is 0. The highest BCUT2D eigenvalue weighted by atomic mass is 32.1. The number of hydrogen-bond donors (Lipinski definition) is 1. The minimum atomic E-state index is 0.423. The molecule has 0 saturated carbocycles. The van der Waals surface area contributed by atoms with Crippen LogP contribution >= 0.6 is 11.3 Å². The molecule has 2 heterocycles. The molecule has 3 atom stereocenters. The average Bonchev–Trinajstić information content (AvgIpc) is 2.99. The van der Waals surface area contributed by atoms with Crippen LogP contribution in [0.5, 0.6) is 0 Å². The van der Waals surface area contributed by atoms with Gasteiger partial charge >= 0.3 is 0 Å². The Morgan fingerprint density at radius 3 is 2.83 bits per heavy atom. The minimum absolute atomic E-state index is 0.423. The first kappa shape index (κ1) is 14.0. The van der Waals surface area contributed by atoms with Crippen LogP contribution in [0, 0.1) is 5.92 Å². The second-order valence-electron chi connectivity index (χ2n) is 5.23. The van der Waals surface area contributed by atoms with E-state index in [0.717, 1.165) is 19.6 Å². The minimum Gasteiger partial charge on any atom is -0.378 e. The first-order valence-electron chi connectivity index (χ1n) is 7.18. The molecule has 0 aliphatic carbocycles. The van der Waals surface area contributed by atoms with Crippen molar-refractivity contribution in [3.05, 3.63) is 21.9 Å². The van der Waals surface area contributed by atoms with Crippen LogP contribution in [0.1, 0.15) is 49.4 Å². The largest absolute Gasteiger partial charge is 0.378 e. The molecule has 1 fully saturated rings. The maximum absolute atomic E-state index is 5.75. The SMILES string of the molecule is CCCNC(c1ccc(CC)s1)C1COC(C)C1. The Morgan fingerprint density at radius 2 is 2.28 bits per heavy atom. The smallest absolute Gasteiger partial charge is 0.0551 e. The Balaban J connectivity index is 2.08. The third-order valence-corrected chi connectivity index (χ3v) is 4.97. The van der Waals surface area contributed by atoms with Crippen LogP contribution in [0.25, 0.3) is 0 Å². The molecule has 1 saturated heterocycles. The van der Waals surface area contributed by atoms with E-state index < -0.39 is 0 Å². The average molecular weight is 267 g/mol. The van der Waals surface area contributed by atoms with Gasteiger partial charge in [-0.3, -0.25) is 0 Å². The Morgan fingerprint density at radius 1 is 1.44 bits per heavy atom. The highest BCUT2D eigenvalue weighted by molar-refractivity contribution is 7.12. The Labute approximate surface area is 115 Å². The fraction of sp³-hybridized carbons (Fsp3) is 0.733. The lowest BCUT2D eigenvalue weighted by Crippen LogP contribution is -2.28. The quantitative estimate of drug-likeness (QED) is 0.847. The van der Waals surface area contributed by atoms with Gasteiger partial charge in [-0.2, -0.15) is 0 Å². The third kappa shape index (κ3) is 3.34. The van der Waals surface area contributed by atoms with Crippen LogP contribution in [-0.2, 0) is 11.2 Å². The molecule has 0 spiro atoms. The number of rotatable bonds is 6. The molecule has 18 heavy (non-hydrogen) atoms. The maximum atomic E-state index is 5.75. The van der Waals surface area contributed by atoms with Crippen LogP contribution in [0.4, 0.5) is 0 Å². The predicted octanol–water partition coefficient (Wildman–Crippen LogP) is 3.78. The zero-order valence-electron chi connectivity index (χ0n) is 11.7.